The molecule has 0 aromatic heterocycles. The van der Waals surface area contributed by atoms with Crippen LogP contribution >= 0.6 is 0 Å². The second-order valence-electron chi connectivity index (χ2n) is 7.68. The van der Waals surface area contributed by atoms with E-state index in [-0.39, 0.29) is 19.1 Å². The van der Waals surface area contributed by atoms with Gasteiger partial charge in [-0.1, -0.05) is 54.6 Å². The maximum Gasteiger partial charge on any atom is 0.434 e. The molecule has 0 spiro atoms. The molecule has 34 heavy (non-hydrogen) atoms. The van der Waals surface area contributed by atoms with Crippen molar-refractivity contribution in [1.29, 1.82) is 0 Å². The Balaban J connectivity index is 0.00000199. The molecule has 2 N–H and O–H groups in total. The van der Waals surface area contributed by atoms with Crippen LogP contribution in [0.25, 0.3) is 11.1 Å². The van der Waals surface area contributed by atoms with Crippen molar-refractivity contribution in [2.45, 2.75) is 38.0 Å². The van der Waals surface area contributed by atoms with Crippen LogP contribution in [-0.2, 0) is 11.3 Å². The summed E-state index contributed by atoms with van der Waals surface area (Å²) in [5.74, 6) is 0. The number of hydrogen-bond acceptors (Lipinski definition) is 4. The molecule has 3 rings (SSSR count). The first-order valence-corrected chi connectivity index (χ1v) is 10.5. The van der Waals surface area contributed by atoms with Crippen LogP contribution < -0.4 is 5.73 Å². The van der Waals surface area contributed by atoms with Crippen LogP contribution in [0.15, 0.2) is 54.6 Å². The van der Waals surface area contributed by atoms with Crippen molar-refractivity contribution >= 4 is 6.09 Å². The van der Waals surface area contributed by atoms with Gasteiger partial charge in [0.2, 0.25) is 0 Å². The molecule has 0 saturated carbocycles. The summed E-state index contributed by atoms with van der Waals surface area (Å²) in [6.45, 7) is 2.51. The molecule has 0 aliphatic carbocycles. The predicted octanol–water partition coefficient (Wildman–Crippen LogP) is 5.06. The maximum absolute atomic E-state index is 12.6. The van der Waals surface area contributed by atoms with Crippen LogP contribution in [0, 0.1) is 0 Å². The van der Waals surface area contributed by atoms with Gasteiger partial charge in [0.25, 0.3) is 6.10 Å². The molecular formula is C23H27F6N3O2. The van der Waals surface area contributed by atoms with Crippen LogP contribution in [-0.4, -0.2) is 67.1 Å². The van der Waals surface area contributed by atoms with Gasteiger partial charge >= 0.3 is 18.4 Å². The molecule has 1 amide bonds. The zero-order valence-corrected chi connectivity index (χ0v) is 18.7. The lowest BCUT2D eigenvalue weighted by Crippen LogP contribution is -2.55. The van der Waals surface area contributed by atoms with Crippen molar-refractivity contribution in [1.82, 2.24) is 9.80 Å². The second kappa shape index (κ2) is 11.6. The van der Waals surface area contributed by atoms with E-state index in [9.17, 15) is 31.1 Å². The van der Waals surface area contributed by atoms with Crippen molar-refractivity contribution in [3.63, 3.8) is 0 Å². The molecule has 1 aliphatic heterocycles. The van der Waals surface area contributed by atoms with E-state index in [0.29, 0.717) is 13.1 Å². The van der Waals surface area contributed by atoms with Gasteiger partial charge in [-0.3, -0.25) is 4.90 Å². The molecule has 2 aromatic rings. The summed E-state index contributed by atoms with van der Waals surface area (Å²) in [6.07, 6.45) is -17.2. The summed E-state index contributed by atoms with van der Waals surface area (Å²) in [5.41, 5.74) is 7.64. The van der Waals surface area contributed by atoms with E-state index in [1.165, 1.54) is 7.05 Å². The quantitative estimate of drug-likeness (QED) is 0.608. The second-order valence-corrected chi connectivity index (χ2v) is 7.68. The number of benzene rings is 2. The van der Waals surface area contributed by atoms with E-state index in [2.05, 4.69) is 10.5 Å². The highest BCUT2D eigenvalue weighted by Crippen LogP contribution is 2.36. The van der Waals surface area contributed by atoms with Crippen molar-refractivity contribution in [2.75, 3.05) is 26.7 Å². The standard InChI is InChI=1S/C22H22F6N2O2.CH5N/c1-15-13-30(20(31)32-19(21(23,24)25)22(26,27)28)12-11-29(15)14-16-7-9-18(10-8-16)17-5-3-2-4-6-17;1-2/h2-10,15,19H,11-14H2,1H3;2H2,1H3. The highest BCUT2D eigenvalue weighted by molar-refractivity contribution is 5.68. The number of carbonyl (C=O) groups excluding carboxylic acids is 1. The van der Waals surface area contributed by atoms with E-state index < -0.39 is 24.5 Å². The summed E-state index contributed by atoms with van der Waals surface area (Å²) >= 11 is 0. The first kappa shape index (κ1) is 27.5. The van der Waals surface area contributed by atoms with Gasteiger partial charge in [0, 0.05) is 32.2 Å². The number of ether oxygens (including phenoxy) is 1. The van der Waals surface area contributed by atoms with Crippen molar-refractivity contribution in [3.05, 3.63) is 60.2 Å². The predicted molar refractivity (Wildman–Crippen MR) is 116 cm³/mol. The van der Waals surface area contributed by atoms with Crippen LogP contribution in [0.5, 0.6) is 0 Å². The minimum absolute atomic E-state index is 0.0340. The van der Waals surface area contributed by atoms with Gasteiger partial charge in [0.1, 0.15) is 0 Å². The van der Waals surface area contributed by atoms with Gasteiger partial charge in [-0.2, -0.15) is 26.3 Å². The Morgan fingerprint density at radius 2 is 1.47 bits per heavy atom. The van der Waals surface area contributed by atoms with Gasteiger partial charge in [-0.25, -0.2) is 4.79 Å². The van der Waals surface area contributed by atoms with Crippen LogP contribution in [0.2, 0.25) is 0 Å². The number of piperazine rings is 1. The summed E-state index contributed by atoms with van der Waals surface area (Å²) in [5, 5.41) is 0. The molecule has 1 atom stereocenters. The molecule has 2 aromatic carbocycles. The molecule has 1 heterocycles. The molecule has 5 nitrogen and oxygen atoms in total. The number of halogens is 6. The Morgan fingerprint density at radius 3 is 1.97 bits per heavy atom. The molecule has 1 unspecified atom stereocenters. The van der Waals surface area contributed by atoms with Crippen molar-refractivity contribution in [2.24, 2.45) is 5.73 Å². The minimum Gasteiger partial charge on any atom is -0.426 e. The van der Waals surface area contributed by atoms with Gasteiger partial charge < -0.3 is 15.4 Å². The third-order valence-corrected chi connectivity index (χ3v) is 5.28. The first-order chi connectivity index (χ1) is 15.9. The van der Waals surface area contributed by atoms with Gasteiger partial charge in [0.15, 0.2) is 0 Å². The monoisotopic (exact) mass is 491 g/mol. The van der Waals surface area contributed by atoms with E-state index >= 15 is 0 Å². The molecule has 1 saturated heterocycles. The molecule has 1 aliphatic rings. The average molecular weight is 491 g/mol. The summed E-state index contributed by atoms with van der Waals surface area (Å²) in [7, 11) is 1.50. The summed E-state index contributed by atoms with van der Waals surface area (Å²) in [4.78, 5) is 14.9. The van der Waals surface area contributed by atoms with Gasteiger partial charge in [-0.15, -0.1) is 0 Å². The number of amides is 1. The maximum atomic E-state index is 12.6. The van der Waals surface area contributed by atoms with E-state index in [1.807, 2.05) is 59.5 Å². The first-order valence-electron chi connectivity index (χ1n) is 10.5. The van der Waals surface area contributed by atoms with Crippen molar-refractivity contribution < 1.29 is 35.9 Å². The van der Waals surface area contributed by atoms with Gasteiger partial charge in [-0.05, 0) is 30.7 Å². The summed E-state index contributed by atoms with van der Waals surface area (Å²) < 4.78 is 79.6. The van der Waals surface area contributed by atoms with Crippen LogP contribution in [0.4, 0.5) is 31.1 Å². The van der Waals surface area contributed by atoms with E-state index in [4.69, 9.17) is 0 Å². The molecule has 0 radical (unpaired) electrons. The number of nitrogens with zero attached hydrogens (tertiary/aromatic N) is 2. The fourth-order valence-corrected chi connectivity index (χ4v) is 3.56. The van der Waals surface area contributed by atoms with Crippen LogP contribution in [0.1, 0.15) is 12.5 Å². The Labute approximate surface area is 194 Å². The zero-order valence-electron chi connectivity index (χ0n) is 18.7. The lowest BCUT2D eigenvalue weighted by molar-refractivity contribution is -0.308. The molecule has 0 bridgehead atoms. The summed E-state index contributed by atoms with van der Waals surface area (Å²) in [6, 6.07) is 17.4. The fraction of sp³-hybridized carbons (Fsp3) is 0.435. The number of rotatable bonds is 4. The lowest BCUT2D eigenvalue weighted by Gasteiger charge is -2.39. The van der Waals surface area contributed by atoms with E-state index in [0.717, 1.165) is 21.6 Å². The molecular weight excluding hydrogens is 464 g/mol. The Morgan fingerprint density at radius 1 is 0.941 bits per heavy atom. The largest absolute Gasteiger partial charge is 0.434 e. The highest BCUT2D eigenvalue weighted by Gasteiger charge is 2.60. The SMILES string of the molecule is CC1CN(C(=O)OC(C(F)(F)F)C(F)(F)F)CCN1Cc1ccc(-c2ccccc2)cc1.CN. The van der Waals surface area contributed by atoms with Crippen molar-refractivity contribution in [3.8, 4) is 11.1 Å². The number of carbonyl (C=O) groups is 1. The number of hydrogen-bond donors (Lipinski definition) is 1. The third-order valence-electron chi connectivity index (χ3n) is 5.28. The lowest BCUT2D eigenvalue weighted by atomic mass is 10.0. The number of alkyl halides is 6. The van der Waals surface area contributed by atoms with E-state index in [1.54, 1.807) is 6.92 Å². The molecule has 188 valence electrons. The van der Waals surface area contributed by atoms with Gasteiger partial charge in [0.05, 0.1) is 0 Å². The molecule has 11 heteroatoms. The van der Waals surface area contributed by atoms with Crippen LogP contribution in [0.3, 0.4) is 0 Å². The Kier molecular flexibility index (Phi) is 9.34. The zero-order chi connectivity index (χ0) is 25.5. The third kappa shape index (κ3) is 7.36. The highest BCUT2D eigenvalue weighted by atomic mass is 19.4. The number of nitrogens with two attached hydrogens (primary N) is 1. The minimum atomic E-state index is -5.73. The average Bonchev–Trinajstić information content (AvgIpc) is 2.79. The normalized spacial score (nSPS) is 17.2. The fourth-order valence-electron chi connectivity index (χ4n) is 3.56. The Bertz CT molecular complexity index is 890. The molecule has 1 fully saturated rings. The Hall–Kier alpha value is -2.79. The smallest absolute Gasteiger partial charge is 0.426 e. The topological polar surface area (TPSA) is 58.8 Å².